The van der Waals surface area contributed by atoms with Gasteiger partial charge in [-0.2, -0.15) is 0 Å². The zero-order chi connectivity index (χ0) is 9.97. The second-order valence-electron chi connectivity index (χ2n) is 3.44. The number of thiophene rings is 1. The van der Waals surface area contributed by atoms with Crippen molar-refractivity contribution in [2.45, 2.75) is 30.7 Å². The van der Waals surface area contributed by atoms with E-state index in [2.05, 4.69) is 0 Å². The van der Waals surface area contributed by atoms with Crippen molar-refractivity contribution in [3.05, 3.63) is 21.3 Å². The molecule has 0 N–H and O–H groups in total. The first-order chi connectivity index (χ1) is 6.79. The van der Waals surface area contributed by atoms with Gasteiger partial charge in [-0.1, -0.05) is 11.6 Å². The molecule has 1 aliphatic heterocycles. The van der Waals surface area contributed by atoms with Crippen molar-refractivity contribution in [2.75, 3.05) is 6.61 Å². The molecule has 0 saturated carbocycles. The lowest BCUT2D eigenvalue weighted by Gasteiger charge is -2.26. The van der Waals surface area contributed by atoms with Crippen LogP contribution < -0.4 is 0 Å². The molecular formula is C10H12Cl2OS. The van der Waals surface area contributed by atoms with Gasteiger partial charge in [-0.3, -0.25) is 0 Å². The summed E-state index contributed by atoms with van der Waals surface area (Å²) in [5, 5.41) is 2.66. The third kappa shape index (κ3) is 2.25. The summed E-state index contributed by atoms with van der Waals surface area (Å²) in [4.78, 5) is 1.04. The summed E-state index contributed by atoms with van der Waals surface area (Å²) in [6.45, 7) is 0.830. The minimum absolute atomic E-state index is 0.0807. The van der Waals surface area contributed by atoms with Gasteiger partial charge in [-0.05, 0) is 30.7 Å². The standard InChI is InChI=1S/C10H12Cl2OS/c11-7-4-6-14-10(7)9(12)8-3-1-2-5-13-8/h4,6,8-9H,1-3,5H2. The van der Waals surface area contributed by atoms with Gasteiger partial charge < -0.3 is 4.74 Å². The van der Waals surface area contributed by atoms with E-state index in [0.29, 0.717) is 0 Å². The van der Waals surface area contributed by atoms with Crippen LogP contribution in [0.3, 0.4) is 0 Å². The Morgan fingerprint density at radius 3 is 2.93 bits per heavy atom. The van der Waals surface area contributed by atoms with Crippen LogP contribution >= 0.6 is 34.5 Å². The fraction of sp³-hybridized carbons (Fsp3) is 0.600. The lowest BCUT2D eigenvalue weighted by molar-refractivity contribution is 0.0141. The molecule has 14 heavy (non-hydrogen) atoms. The first-order valence-electron chi connectivity index (χ1n) is 4.77. The Hall–Kier alpha value is 0.240. The molecule has 1 fully saturated rings. The average Bonchev–Trinajstić information content (AvgIpc) is 2.65. The molecule has 0 aromatic carbocycles. The van der Waals surface area contributed by atoms with Gasteiger partial charge in [0.15, 0.2) is 0 Å². The zero-order valence-corrected chi connectivity index (χ0v) is 10.0. The topological polar surface area (TPSA) is 9.23 Å². The minimum atomic E-state index is -0.0807. The highest BCUT2D eigenvalue weighted by molar-refractivity contribution is 7.11. The van der Waals surface area contributed by atoms with Crippen LogP contribution in [0.1, 0.15) is 29.5 Å². The fourth-order valence-corrected chi connectivity index (χ4v) is 3.40. The van der Waals surface area contributed by atoms with Crippen LogP contribution in [0.25, 0.3) is 0 Å². The highest BCUT2D eigenvalue weighted by Gasteiger charge is 2.26. The van der Waals surface area contributed by atoms with Gasteiger partial charge >= 0.3 is 0 Å². The Kier molecular flexibility index (Phi) is 3.72. The predicted molar refractivity (Wildman–Crippen MR) is 61.5 cm³/mol. The van der Waals surface area contributed by atoms with E-state index in [1.54, 1.807) is 11.3 Å². The van der Waals surface area contributed by atoms with E-state index < -0.39 is 0 Å². The lowest BCUT2D eigenvalue weighted by atomic mass is 10.1. The summed E-state index contributed by atoms with van der Waals surface area (Å²) in [6.07, 6.45) is 3.54. The highest BCUT2D eigenvalue weighted by Crippen LogP contribution is 2.38. The molecule has 0 radical (unpaired) electrons. The quantitative estimate of drug-likeness (QED) is 0.714. The van der Waals surface area contributed by atoms with E-state index in [1.165, 1.54) is 6.42 Å². The molecule has 0 bridgehead atoms. The van der Waals surface area contributed by atoms with E-state index in [0.717, 1.165) is 29.3 Å². The maximum absolute atomic E-state index is 6.33. The molecule has 1 saturated heterocycles. The van der Waals surface area contributed by atoms with Crippen molar-refractivity contribution < 1.29 is 4.74 Å². The summed E-state index contributed by atoms with van der Waals surface area (Å²) >= 11 is 14.0. The summed E-state index contributed by atoms with van der Waals surface area (Å²) in [5.74, 6) is 0. The summed E-state index contributed by atoms with van der Waals surface area (Å²) in [6, 6.07) is 1.89. The van der Waals surface area contributed by atoms with Gasteiger partial charge in [0.2, 0.25) is 0 Å². The SMILES string of the molecule is Clc1ccsc1C(Cl)C1CCCCO1. The monoisotopic (exact) mass is 250 g/mol. The Morgan fingerprint density at radius 2 is 2.36 bits per heavy atom. The van der Waals surface area contributed by atoms with Crippen molar-refractivity contribution in [2.24, 2.45) is 0 Å². The number of ether oxygens (including phenoxy) is 1. The van der Waals surface area contributed by atoms with Crippen LogP contribution in [-0.2, 0) is 4.74 Å². The molecular weight excluding hydrogens is 239 g/mol. The largest absolute Gasteiger partial charge is 0.376 e. The van der Waals surface area contributed by atoms with Crippen molar-refractivity contribution in [3.8, 4) is 0 Å². The first kappa shape index (κ1) is 10.7. The van der Waals surface area contributed by atoms with Gasteiger partial charge in [0.25, 0.3) is 0 Å². The van der Waals surface area contributed by atoms with E-state index in [1.807, 2.05) is 11.4 Å². The molecule has 4 heteroatoms. The molecule has 2 heterocycles. The van der Waals surface area contributed by atoms with Crippen LogP contribution in [-0.4, -0.2) is 12.7 Å². The second kappa shape index (κ2) is 4.84. The molecule has 2 atom stereocenters. The number of hydrogen-bond donors (Lipinski definition) is 0. The molecule has 2 rings (SSSR count). The van der Waals surface area contributed by atoms with Crippen LogP contribution in [0.5, 0.6) is 0 Å². The first-order valence-corrected chi connectivity index (χ1v) is 6.47. The van der Waals surface area contributed by atoms with Crippen molar-refractivity contribution in [3.63, 3.8) is 0 Å². The summed E-state index contributed by atoms with van der Waals surface area (Å²) in [7, 11) is 0. The Morgan fingerprint density at radius 1 is 1.50 bits per heavy atom. The zero-order valence-electron chi connectivity index (χ0n) is 7.71. The molecule has 2 unspecified atom stereocenters. The van der Waals surface area contributed by atoms with Gasteiger partial charge in [-0.25, -0.2) is 0 Å². The molecule has 1 nitrogen and oxygen atoms in total. The Balaban J connectivity index is 2.07. The highest BCUT2D eigenvalue weighted by atomic mass is 35.5. The Bertz CT molecular complexity index is 294. The predicted octanol–water partition coefficient (Wildman–Crippen LogP) is 4.25. The number of alkyl halides is 1. The van der Waals surface area contributed by atoms with E-state index >= 15 is 0 Å². The third-order valence-corrected chi connectivity index (χ3v) is 4.51. The molecule has 0 spiro atoms. The number of rotatable bonds is 2. The maximum atomic E-state index is 6.33. The molecule has 1 aromatic heterocycles. The normalized spacial score (nSPS) is 24.9. The average molecular weight is 251 g/mol. The minimum Gasteiger partial charge on any atom is -0.376 e. The number of halogens is 2. The van der Waals surface area contributed by atoms with Gasteiger partial charge in [0, 0.05) is 11.5 Å². The van der Waals surface area contributed by atoms with E-state index in [-0.39, 0.29) is 11.5 Å². The van der Waals surface area contributed by atoms with Gasteiger partial charge in [0.1, 0.15) is 0 Å². The van der Waals surface area contributed by atoms with E-state index in [4.69, 9.17) is 27.9 Å². The Labute approximate surface area is 98.0 Å². The maximum Gasteiger partial charge on any atom is 0.0954 e. The number of hydrogen-bond acceptors (Lipinski definition) is 2. The molecule has 0 amide bonds. The molecule has 1 aliphatic rings. The third-order valence-electron chi connectivity index (χ3n) is 2.44. The van der Waals surface area contributed by atoms with Crippen molar-refractivity contribution >= 4 is 34.5 Å². The smallest absolute Gasteiger partial charge is 0.0954 e. The fourth-order valence-electron chi connectivity index (χ4n) is 1.67. The van der Waals surface area contributed by atoms with Crippen molar-refractivity contribution in [1.29, 1.82) is 0 Å². The summed E-state index contributed by atoms with van der Waals surface area (Å²) < 4.78 is 5.63. The molecule has 1 aromatic rings. The second-order valence-corrected chi connectivity index (χ2v) is 5.26. The van der Waals surface area contributed by atoms with E-state index in [9.17, 15) is 0 Å². The van der Waals surface area contributed by atoms with Crippen LogP contribution in [0.4, 0.5) is 0 Å². The van der Waals surface area contributed by atoms with Gasteiger partial charge in [-0.15, -0.1) is 22.9 Å². The molecule has 78 valence electrons. The molecule has 0 aliphatic carbocycles. The van der Waals surface area contributed by atoms with Crippen LogP contribution in [0.15, 0.2) is 11.4 Å². The lowest BCUT2D eigenvalue weighted by Crippen LogP contribution is -2.23. The van der Waals surface area contributed by atoms with Crippen LogP contribution in [0, 0.1) is 0 Å². The van der Waals surface area contributed by atoms with Crippen LogP contribution in [0.2, 0.25) is 5.02 Å². The van der Waals surface area contributed by atoms with Crippen molar-refractivity contribution in [1.82, 2.24) is 0 Å². The summed E-state index contributed by atoms with van der Waals surface area (Å²) in [5.41, 5.74) is 0. The van der Waals surface area contributed by atoms with Gasteiger partial charge in [0.05, 0.1) is 16.5 Å².